The maximum Gasteiger partial charge on any atom is 0.257 e. The number of aromatic nitrogens is 2. The Morgan fingerprint density at radius 1 is 0.938 bits per heavy atom. The van der Waals surface area contributed by atoms with E-state index in [9.17, 15) is 8.42 Å². The summed E-state index contributed by atoms with van der Waals surface area (Å²) < 4.78 is 34.7. The molecule has 3 aromatic rings. The highest BCUT2D eigenvalue weighted by Crippen LogP contribution is 2.33. The Balaban J connectivity index is 1.50. The molecular weight excluding hydrogens is 444 g/mol. The largest absolute Gasteiger partial charge is 0.418 e. The van der Waals surface area contributed by atoms with Crippen LogP contribution in [-0.2, 0) is 10.0 Å². The predicted molar refractivity (Wildman–Crippen MR) is 126 cm³/mol. The zero-order valence-corrected chi connectivity index (χ0v) is 21.1. The van der Waals surface area contributed by atoms with Crippen LogP contribution in [0.2, 0.25) is 0 Å². The van der Waals surface area contributed by atoms with E-state index < -0.39 is 10.0 Å². The van der Waals surface area contributed by atoms with Gasteiger partial charge in [-0.1, -0.05) is 6.07 Å². The van der Waals surface area contributed by atoms with E-state index in [2.05, 4.69) is 22.0 Å². The molecule has 0 spiro atoms. The van der Waals surface area contributed by atoms with E-state index in [1.54, 1.807) is 15.6 Å². The first-order valence-electron chi connectivity index (χ1n) is 10.8. The lowest BCUT2D eigenvalue weighted by Crippen LogP contribution is -2.49. The van der Waals surface area contributed by atoms with Crippen molar-refractivity contribution in [3.63, 3.8) is 0 Å². The van der Waals surface area contributed by atoms with Crippen LogP contribution < -0.4 is 0 Å². The lowest BCUT2D eigenvalue weighted by atomic mass is 9.95. The second kappa shape index (κ2) is 8.70. The molecule has 0 bridgehead atoms. The van der Waals surface area contributed by atoms with Gasteiger partial charge in [0.2, 0.25) is 15.9 Å². The normalized spacial score (nSPS) is 17.1. The number of nitrogens with zero attached hydrogens (tertiary/aromatic N) is 4. The van der Waals surface area contributed by atoms with Crippen molar-refractivity contribution < 1.29 is 12.8 Å². The standard InChI is InChI=1S/C23H30N4O3S2/c1-14-15(2)17(4)21(18(5)16(14)3)32(28,29)27-11-9-26(10-12-27)19(6)22-24-25-23(30-22)20-8-7-13-31-20/h7-8,13,19H,9-12H2,1-6H3. The third-order valence-electron chi connectivity index (χ3n) is 6.88. The molecule has 4 rings (SSSR count). The molecule has 1 aliphatic heterocycles. The van der Waals surface area contributed by atoms with Gasteiger partial charge in [0.05, 0.1) is 15.8 Å². The van der Waals surface area contributed by atoms with Crippen molar-refractivity contribution in [2.75, 3.05) is 26.2 Å². The minimum atomic E-state index is -3.57. The summed E-state index contributed by atoms with van der Waals surface area (Å²) in [5.41, 5.74) is 4.98. The Bertz CT molecular complexity index is 1200. The number of benzene rings is 1. The maximum absolute atomic E-state index is 13.6. The van der Waals surface area contributed by atoms with E-state index in [0.717, 1.165) is 27.1 Å². The van der Waals surface area contributed by atoms with E-state index in [-0.39, 0.29) is 6.04 Å². The highest BCUT2D eigenvalue weighted by molar-refractivity contribution is 7.89. The fraction of sp³-hybridized carbons (Fsp3) is 0.478. The van der Waals surface area contributed by atoms with Crippen molar-refractivity contribution in [2.45, 2.75) is 52.5 Å². The van der Waals surface area contributed by atoms with Crippen molar-refractivity contribution in [3.8, 4) is 10.8 Å². The van der Waals surface area contributed by atoms with Crippen LogP contribution in [0.15, 0.2) is 26.8 Å². The van der Waals surface area contributed by atoms with Crippen LogP contribution in [0.3, 0.4) is 0 Å². The highest BCUT2D eigenvalue weighted by atomic mass is 32.2. The van der Waals surface area contributed by atoms with Gasteiger partial charge in [0.15, 0.2) is 0 Å². The number of piperazine rings is 1. The van der Waals surface area contributed by atoms with Gasteiger partial charge >= 0.3 is 0 Å². The number of hydrogen-bond donors (Lipinski definition) is 0. The van der Waals surface area contributed by atoms with Gasteiger partial charge in [-0.25, -0.2) is 8.42 Å². The summed E-state index contributed by atoms with van der Waals surface area (Å²) in [6, 6.07) is 3.83. The van der Waals surface area contributed by atoms with Crippen molar-refractivity contribution >= 4 is 21.4 Å². The molecule has 2 aromatic heterocycles. The van der Waals surface area contributed by atoms with E-state index in [4.69, 9.17) is 4.42 Å². The number of hydrogen-bond acceptors (Lipinski definition) is 7. The number of thiophene rings is 1. The van der Waals surface area contributed by atoms with Gasteiger partial charge in [0, 0.05) is 26.2 Å². The molecule has 1 aliphatic rings. The average molecular weight is 475 g/mol. The van der Waals surface area contributed by atoms with Gasteiger partial charge in [-0.05, 0) is 80.8 Å². The molecule has 32 heavy (non-hydrogen) atoms. The van der Waals surface area contributed by atoms with E-state index >= 15 is 0 Å². The second-order valence-corrected chi connectivity index (χ2v) is 11.3. The van der Waals surface area contributed by atoms with E-state index in [1.807, 2.05) is 52.1 Å². The van der Waals surface area contributed by atoms with Crippen molar-refractivity contribution in [3.05, 3.63) is 51.2 Å². The van der Waals surface area contributed by atoms with Crippen LogP contribution >= 0.6 is 11.3 Å². The minimum absolute atomic E-state index is 0.0756. The summed E-state index contributed by atoms with van der Waals surface area (Å²) in [6.07, 6.45) is 0. The molecule has 0 amide bonds. The summed E-state index contributed by atoms with van der Waals surface area (Å²) >= 11 is 1.56. The molecule has 0 saturated carbocycles. The number of sulfonamides is 1. The van der Waals surface area contributed by atoms with Crippen molar-refractivity contribution in [1.29, 1.82) is 0 Å². The Labute approximate surface area is 194 Å². The fourth-order valence-electron chi connectivity index (χ4n) is 4.37. The predicted octanol–water partition coefficient (Wildman–Crippen LogP) is 4.41. The first kappa shape index (κ1) is 23.1. The quantitative estimate of drug-likeness (QED) is 0.545. The molecular formula is C23H30N4O3S2. The van der Waals surface area contributed by atoms with Crippen LogP contribution in [0, 0.1) is 34.6 Å². The van der Waals surface area contributed by atoms with Crippen LogP contribution in [0.4, 0.5) is 0 Å². The Morgan fingerprint density at radius 3 is 2.09 bits per heavy atom. The lowest BCUT2D eigenvalue weighted by molar-refractivity contribution is 0.129. The van der Waals surface area contributed by atoms with Crippen molar-refractivity contribution in [1.82, 2.24) is 19.4 Å². The van der Waals surface area contributed by atoms with Crippen LogP contribution in [0.25, 0.3) is 10.8 Å². The molecule has 0 radical (unpaired) electrons. The summed E-state index contributed by atoms with van der Waals surface area (Å²) in [5.74, 6) is 1.08. The SMILES string of the molecule is Cc1c(C)c(C)c(S(=O)(=O)N2CCN(C(C)c3nnc(-c4cccs4)o3)CC2)c(C)c1C. The summed E-state index contributed by atoms with van der Waals surface area (Å²) in [7, 11) is -3.57. The first-order valence-corrected chi connectivity index (χ1v) is 13.1. The maximum atomic E-state index is 13.6. The molecule has 1 unspecified atom stereocenters. The van der Waals surface area contributed by atoms with E-state index in [1.165, 1.54) is 5.56 Å². The second-order valence-electron chi connectivity index (χ2n) is 8.49. The fourth-order valence-corrected chi connectivity index (χ4v) is 7.00. The third-order valence-corrected chi connectivity index (χ3v) is 9.91. The summed E-state index contributed by atoms with van der Waals surface area (Å²) in [5, 5.41) is 10.4. The molecule has 172 valence electrons. The van der Waals surface area contributed by atoms with E-state index in [0.29, 0.717) is 42.9 Å². The smallest absolute Gasteiger partial charge is 0.257 e. The molecule has 1 atom stereocenters. The highest BCUT2D eigenvalue weighted by Gasteiger charge is 2.34. The zero-order chi connectivity index (χ0) is 23.2. The summed E-state index contributed by atoms with van der Waals surface area (Å²) in [6.45, 7) is 14.0. The molecule has 3 heterocycles. The lowest BCUT2D eigenvalue weighted by Gasteiger charge is -2.36. The average Bonchev–Trinajstić information content (AvgIpc) is 3.48. The molecule has 9 heteroatoms. The van der Waals surface area contributed by atoms with Crippen molar-refractivity contribution in [2.24, 2.45) is 0 Å². The topological polar surface area (TPSA) is 79.5 Å². The zero-order valence-electron chi connectivity index (χ0n) is 19.5. The molecule has 1 aromatic carbocycles. The third kappa shape index (κ3) is 3.91. The first-order chi connectivity index (χ1) is 15.1. The molecule has 0 aliphatic carbocycles. The Morgan fingerprint density at radius 2 is 1.53 bits per heavy atom. The van der Waals surface area contributed by atoms with Gasteiger partial charge < -0.3 is 4.42 Å². The van der Waals surface area contributed by atoms with Crippen LogP contribution in [-0.4, -0.2) is 54.0 Å². The van der Waals surface area contributed by atoms with Crippen LogP contribution in [0.1, 0.15) is 46.7 Å². The molecule has 1 fully saturated rings. The Hall–Kier alpha value is -2.07. The molecule has 1 saturated heterocycles. The van der Waals surface area contributed by atoms with Gasteiger partial charge in [-0.2, -0.15) is 4.31 Å². The monoisotopic (exact) mass is 474 g/mol. The van der Waals surface area contributed by atoms with Gasteiger partial charge in [-0.3, -0.25) is 4.90 Å². The minimum Gasteiger partial charge on any atom is -0.418 e. The van der Waals surface area contributed by atoms with Gasteiger partial charge in [0.1, 0.15) is 0 Å². The molecule has 0 N–H and O–H groups in total. The Kier molecular flexibility index (Phi) is 6.28. The summed E-state index contributed by atoms with van der Waals surface area (Å²) in [4.78, 5) is 3.61. The van der Waals surface area contributed by atoms with Gasteiger partial charge in [0.25, 0.3) is 5.89 Å². The number of rotatable bonds is 5. The molecule has 7 nitrogen and oxygen atoms in total. The van der Waals surface area contributed by atoms with Crippen LogP contribution in [0.5, 0.6) is 0 Å². The van der Waals surface area contributed by atoms with Gasteiger partial charge in [-0.15, -0.1) is 21.5 Å².